The average molecular weight is 490 g/mol. The van der Waals surface area contributed by atoms with Gasteiger partial charge in [0.25, 0.3) is 0 Å². The minimum atomic E-state index is -0.729. The van der Waals surface area contributed by atoms with Crippen molar-refractivity contribution in [2.24, 2.45) is 0 Å². The number of unbranched alkanes of at least 4 members (excludes halogenated alkanes) is 7. The van der Waals surface area contributed by atoms with Crippen LogP contribution in [0.25, 0.3) is 0 Å². The Morgan fingerprint density at radius 2 is 1.31 bits per heavy atom. The van der Waals surface area contributed by atoms with Gasteiger partial charge in [0.1, 0.15) is 0 Å². The first-order chi connectivity index (χ1) is 17.5. The predicted octanol–water partition coefficient (Wildman–Crippen LogP) is 8.09. The summed E-state index contributed by atoms with van der Waals surface area (Å²) in [4.78, 5) is 24.0. The molecule has 4 heteroatoms. The van der Waals surface area contributed by atoms with Crippen LogP contribution in [0.3, 0.4) is 0 Å². The zero-order valence-electron chi connectivity index (χ0n) is 22.2. The Hall–Kier alpha value is -3.40. The average Bonchev–Trinajstić information content (AvgIpc) is 2.85. The minimum Gasteiger partial charge on any atom is -0.438 e. The van der Waals surface area contributed by atoms with Gasteiger partial charge in [-0.3, -0.25) is 4.79 Å². The third kappa shape index (κ3) is 17.1. The lowest BCUT2D eigenvalue weighted by Crippen LogP contribution is -2.35. The van der Waals surface area contributed by atoms with E-state index in [0.29, 0.717) is 5.56 Å². The van der Waals surface area contributed by atoms with Gasteiger partial charge in [-0.2, -0.15) is 0 Å². The molecule has 1 aromatic carbocycles. The van der Waals surface area contributed by atoms with Crippen molar-refractivity contribution >= 4 is 11.9 Å². The zero-order valence-corrected chi connectivity index (χ0v) is 22.2. The van der Waals surface area contributed by atoms with Gasteiger partial charge in [0.15, 0.2) is 6.23 Å². The zero-order chi connectivity index (χ0) is 26.3. The van der Waals surface area contributed by atoms with Crippen LogP contribution in [-0.4, -0.2) is 18.1 Å². The van der Waals surface area contributed by atoms with Gasteiger partial charge in [-0.1, -0.05) is 130 Å². The summed E-state index contributed by atoms with van der Waals surface area (Å²) in [5.74, 6) is -0.808. The molecule has 1 atom stereocenters. The number of rotatable bonds is 17. The molecule has 0 spiro atoms. The Balaban J connectivity index is 2.15. The van der Waals surface area contributed by atoms with Crippen LogP contribution in [0.4, 0.5) is 0 Å². The first-order valence-corrected chi connectivity index (χ1v) is 13.1. The van der Waals surface area contributed by atoms with E-state index in [-0.39, 0.29) is 5.91 Å². The highest BCUT2D eigenvalue weighted by Gasteiger charge is 2.12. The van der Waals surface area contributed by atoms with Crippen molar-refractivity contribution in [3.63, 3.8) is 0 Å². The molecule has 194 valence electrons. The molecule has 0 saturated heterocycles. The smallest absolute Gasteiger partial charge is 0.340 e. The van der Waals surface area contributed by atoms with E-state index in [1.54, 1.807) is 31.2 Å². The van der Waals surface area contributed by atoms with Gasteiger partial charge in [-0.25, -0.2) is 4.79 Å². The van der Waals surface area contributed by atoms with E-state index in [2.05, 4.69) is 24.4 Å². The third-order valence-corrected chi connectivity index (χ3v) is 5.27. The van der Waals surface area contributed by atoms with Crippen molar-refractivity contribution in [3.05, 3.63) is 108 Å². The predicted molar refractivity (Wildman–Crippen MR) is 152 cm³/mol. The fourth-order valence-corrected chi connectivity index (χ4v) is 3.25. The fourth-order valence-electron chi connectivity index (χ4n) is 3.25. The Labute approximate surface area is 218 Å². The second-order valence-corrected chi connectivity index (χ2v) is 8.66. The molecule has 1 N–H and O–H groups in total. The van der Waals surface area contributed by atoms with Crippen molar-refractivity contribution in [2.45, 2.75) is 78.4 Å². The molecule has 0 radical (unpaired) electrons. The molecular formula is C32H43NO3. The summed E-state index contributed by atoms with van der Waals surface area (Å²) >= 11 is 0. The molecule has 4 nitrogen and oxygen atoms in total. The maximum absolute atomic E-state index is 12.1. The summed E-state index contributed by atoms with van der Waals surface area (Å²) in [7, 11) is 0. The standard InChI is InChI=1S/C32H43NO3/c1-4-5-6-7-8-9-10-11-12-13-14-15-16-17-18-19-20-21-22-23-31(34)33-29(3)36-32(35)30-26-24-28(2)25-27-30/h12-27,29H,4-11H2,1-3H3,(H,33,34). The highest BCUT2D eigenvalue weighted by molar-refractivity contribution is 5.90. The SMILES string of the molecule is CCCCCCCCCC=CC=CC=CC=CC=CC=CC(=O)NC(C)OC(=O)c1ccc(C)cc1. The second kappa shape index (κ2) is 20.9. The molecule has 1 unspecified atom stereocenters. The van der Waals surface area contributed by atoms with Crippen molar-refractivity contribution in [3.8, 4) is 0 Å². The number of aryl methyl sites for hydroxylation is 1. The highest BCUT2D eigenvalue weighted by atomic mass is 16.6. The molecule has 0 fully saturated rings. The summed E-state index contributed by atoms with van der Waals surface area (Å²) in [6, 6.07) is 7.08. The largest absolute Gasteiger partial charge is 0.438 e. The van der Waals surface area contributed by atoms with E-state index < -0.39 is 12.2 Å². The van der Waals surface area contributed by atoms with Gasteiger partial charge in [0, 0.05) is 6.08 Å². The van der Waals surface area contributed by atoms with Crippen LogP contribution < -0.4 is 5.32 Å². The molecule has 1 aromatic rings. The van der Waals surface area contributed by atoms with Gasteiger partial charge in [0.2, 0.25) is 5.91 Å². The second-order valence-electron chi connectivity index (χ2n) is 8.66. The van der Waals surface area contributed by atoms with Crippen molar-refractivity contribution in [2.75, 3.05) is 0 Å². The summed E-state index contributed by atoms with van der Waals surface area (Å²) in [6.45, 7) is 5.81. The lowest BCUT2D eigenvalue weighted by Gasteiger charge is -2.13. The van der Waals surface area contributed by atoms with Gasteiger partial charge < -0.3 is 10.1 Å². The quantitative estimate of drug-likeness (QED) is 0.0791. The van der Waals surface area contributed by atoms with Gasteiger partial charge in [-0.05, 0) is 38.8 Å². The molecule has 0 aliphatic rings. The number of allylic oxidation sites excluding steroid dienone is 11. The number of nitrogens with one attached hydrogen (secondary N) is 1. The Morgan fingerprint density at radius 3 is 1.92 bits per heavy atom. The Kier molecular flexibility index (Phi) is 17.8. The van der Waals surface area contributed by atoms with Crippen LogP contribution in [0, 0.1) is 6.92 Å². The van der Waals surface area contributed by atoms with Crippen LogP contribution in [0.1, 0.15) is 81.1 Å². The van der Waals surface area contributed by atoms with E-state index in [4.69, 9.17) is 4.74 Å². The Morgan fingerprint density at radius 1 is 0.778 bits per heavy atom. The molecular weight excluding hydrogens is 446 g/mol. The minimum absolute atomic E-state index is 0.335. The molecule has 0 aromatic heterocycles. The highest BCUT2D eigenvalue weighted by Crippen LogP contribution is 2.08. The first kappa shape index (κ1) is 30.6. The lowest BCUT2D eigenvalue weighted by atomic mass is 10.1. The van der Waals surface area contributed by atoms with Crippen LogP contribution >= 0.6 is 0 Å². The summed E-state index contributed by atoms with van der Waals surface area (Å²) in [5, 5.41) is 2.61. The number of benzene rings is 1. The maximum atomic E-state index is 12.1. The number of hydrogen-bond donors (Lipinski definition) is 1. The van der Waals surface area contributed by atoms with E-state index in [1.165, 1.54) is 51.0 Å². The summed E-state index contributed by atoms with van der Waals surface area (Å²) in [6.07, 6.45) is 32.6. The van der Waals surface area contributed by atoms with Gasteiger partial charge >= 0.3 is 5.97 Å². The first-order valence-electron chi connectivity index (χ1n) is 13.1. The molecule has 0 heterocycles. The normalized spacial score (nSPS) is 13.2. The van der Waals surface area contributed by atoms with Crippen LogP contribution in [0.15, 0.2) is 97.2 Å². The molecule has 0 aliphatic carbocycles. The topological polar surface area (TPSA) is 55.4 Å². The molecule has 0 bridgehead atoms. The fraction of sp³-hybridized carbons (Fsp3) is 0.375. The van der Waals surface area contributed by atoms with Crippen LogP contribution in [-0.2, 0) is 9.53 Å². The van der Waals surface area contributed by atoms with E-state index in [1.807, 2.05) is 61.6 Å². The van der Waals surface area contributed by atoms with Crippen LogP contribution in [0.2, 0.25) is 0 Å². The summed E-state index contributed by atoms with van der Waals surface area (Å²) < 4.78 is 5.24. The molecule has 1 rings (SSSR count). The number of carbonyl (C=O) groups is 2. The van der Waals surface area contributed by atoms with Gasteiger partial charge in [0.05, 0.1) is 5.56 Å². The number of esters is 1. The lowest BCUT2D eigenvalue weighted by molar-refractivity contribution is -0.119. The third-order valence-electron chi connectivity index (χ3n) is 5.27. The monoisotopic (exact) mass is 489 g/mol. The van der Waals surface area contributed by atoms with E-state index >= 15 is 0 Å². The van der Waals surface area contributed by atoms with E-state index in [0.717, 1.165) is 12.0 Å². The number of hydrogen-bond acceptors (Lipinski definition) is 3. The van der Waals surface area contributed by atoms with Crippen molar-refractivity contribution in [1.29, 1.82) is 0 Å². The van der Waals surface area contributed by atoms with Crippen molar-refractivity contribution < 1.29 is 14.3 Å². The van der Waals surface area contributed by atoms with Crippen LogP contribution in [0.5, 0.6) is 0 Å². The van der Waals surface area contributed by atoms with Gasteiger partial charge in [-0.15, -0.1) is 0 Å². The Bertz CT molecular complexity index is 917. The van der Waals surface area contributed by atoms with Crippen molar-refractivity contribution in [1.82, 2.24) is 5.32 Å². The summed E-state index contributed by atoms with van der Waals surface area (Å²) in [5.41, 5.74) is 1.51. The number of carbonyl (C=O) groups excluding carboxylic acids is 2. The molecule has 36 heavy (non-hydrogen) atoms. The van der Waals surface area contributed by atoms with E-state index in [9.17, 15) is 9.59 Å². The molecule has 0 saturated carbocycles. The molecule has 1 amide bonds. The molecule has 0 aliphatic heterocycles. The number of amides is 1. The maximum Gasteiger partial charge on any atom is 0.340 e. The number of ether oxygens (including phenoxy) is 1.